The van der Waals surface area contributed by atoms with Gasteiger partial charge in [-0.2, -0.15) is 0 Å². The zero-order chi connectivity index (χ0) is 18.1. The fraction of sp³-hybridized carbons (Fsp3) is 0.250. The maximum absolute atomic E-state index is 12.6. The second-order valence-corrected chi connectivity index (χ2v) is 7.21. The Kier molecular flexibility index (Phi) is 4.42. The number of ketones is 1. The van der Waals surface area contributed by atoms with E-state index in [4.69, 9.17) is 14.2 Å². The average molecular weight is 369 g/mol. The highest BCUT2D eigenvalue weighted by Gasteiger charge is 2.18. The molecule has 2 aromatic heterocycles. The standard InChI is InChI=1S/C20H19NO4S/c1-13-8-17(14(2)21(13)10-16-4-3-7-26-16)18(22)11-23-15-5-6-19-20(9-15)25-12-24-19/h3-9H,10-12H2,1-2H3. The van der Waals surface area contributed by atoms with Crippen molar-refractivity contribution in [1.82, 2.24) is 4.57 Å². The second-order valence-electron chi connectivity index (χ2n) is 6.18. The summed E-state index contributed by atoms with van der Waals surface area (Å²) in [6.07, 6.45) is 0. The minimum absolute atomic E-state index is 0.0110. The van der Waals surface area contributed by atoms with Gasteiger partial charge in [0, 0.05) is 27.9 Å². The van der Waals surface area contributed by atoms with E-state index in [0.29, 0.717) is 22.8 Å². The van der Waals surface area contributed by atoms with Crippen molar-refractivity contribution in [1.29, 1.82) is 0 Å². The molecule has 3 aromatic rings. The van der Waals surface area contributed by atoms with Crippen LogP contribution >= 0.6 is 11.3 Å². The Labute approximate surface area is 155 Å². The number of benzene rings is 1. The van der Waals surface area contributed by atoms with Crippen LogP contribution in [0.4, 0.5) is 0 Å². The van der Waals surface area contributed by atoms with Gasteiger partial charge in [-0.15, -0.1) is 11.3 Å². The van der Waals surface area contributed by atoms with E-state index in [1.807, 2.05) is 26.0 Å². The molecule has 1 aromatic carbocycles. The Balaban J connectivity index is 1.46. The normalized spacial score (nSPS) is 12.4. The van der Waals surface area contributed by atoms with Crippen molar-refractivity contribution in [3.63, 3.8) is 0 Å². The molecule has 0 radical (unpaired) electrons. The largest absolute Gasteiger partial charge is 0.485 e. The molecule has 1 aliphatic heterocycles. The Bertz CT molecular complexity index is 943. The van der Waals surface area contributed by atoms with Gasteiger partial charge in [0.05, 0.1) is 6.54 Å². The highest BCUT2D eigenvalue weighted by Crippen LogP contribution is 2.35. The molecule has 0 fully saturated rings. The number of carbonyl (C=O) groups excluding carboxylic acids is 1. The number of hydrogen-bond acceptors (Lipinski definition) is 5. The van der Waals surface area contributed by atoms with Crippen LogP contribution < -0.4 is 14.2 Å². The van der Waals surface area contributed by atoms with Crippen LogP contribution in [0, 0.1) is 13.8 Å². The summed E-state index contributed by atoms with van der Waals surface area (Å²) in [4.78, 5) is 13.9. The molecule has 0 N–H and O–H groups in total. The van der Waals surface area contributed by atoms with E-state index in [9.17, 15) is 4.79 Å². The van der Waals surface area contributed by atoms with Crippen LogP contribution in [0.15, 0.2) is 41.8 Å². The van der Waals surface area contributed by atoms with Crippen LogP contribution in [0.25, 0.3) is 0 Å². The fourth-order valence-corrected chi connectivity index (χ4v) is 3.77. The minimum atomic E-state index is -0.0341. The smallest absolute Gasteiger partial charge is 0.231 e. The third-order valence-electron chi connectivity index (χ3n) is 4.48. The molecule has 26 heavy (non-hydrogen) atoms. The molecule has 3 heterocycles. The maximum Gasteiger partial charge on any atom is 0.231 e. The molecule has 0 saturated carbocycles. The van der Waals surface area contributed by atoms with Crippen molar-refractivity contribution in [3.05, 3.63) is 63.6 Å². The summed E-state index contributed by atoms with van der Waals surface area (Å²) >= 11 is 1.72. The van der Waals surface area contributed by atoms with Crippen molar-refractivity contribution >= 4 is 17.1 Å². The summed E-state index contributed by atoms with van der Waals surface area (Å²) in [7, 11) is 0. The first-order valence-electron chi connectivity index (χ1n) is 8.36. The molecule has 0 saturated heterocycles. The predicted octanol–water partition coefficient (Wildman–Crippen LogP) is 4.21. The molecule has 6 heteroatoms. The maximum atomic E-state index is 12.6. The van der Waals surface area contributed by atoms with Gasteiger partial charge in [-0.25, -0.2) is 0 Å². The Hall–Kier alpha value is -2.73. The van der Waals surface area contributed by atoms with E-state index in [-0.39, 0.29) is 19.2 Å². The van der Waals surface area contributed by atoms with Crippen molar-refractivity contribution in [2.75, 3.05) is 13.4 Å². The zero-order valence-electron chi connectivity index (χ0n) is 14.7. The SMILES string of the molecule is Cc1cc(C(=O)COc2ccc3c(c2)OCO3)c(C)n1Cc1cccs1. The summed E-state index contributed by atoms with van der Waals surface area (Å²) in [5.74, 6) is 1.90. The number of aryl methyl sites for hydroxylation is 1. The lowest BCUT2D eigenvalue weighted by molar-refractivity contribution is 0.0920. The Morgan fingerprint density at radius 1 is 1.19 bits per heavy atom. The van der Waals surface area contributed by atoms with Crippen molar-refractivity contribution < 1.29 is 19.0 Å². The van der Waals surface area contributed by atoms with E-state index >= 15 is 0 Å². The topological polar surface area (TPSA) is 49.7 Å². The molecule has 0 aliphatic carbocycles. The quantitative estimate of drug-likeness (QED) is 0.611. The molecular weight excluding hydrogens is 350 g/mol. The minimum Gasteiger partial charge on any atom is -0.485 e. The van der Waals surface area contributed by atoms with Crippen LogP contribution in [0.3, 0.4) is 0 Å². The summed E-state index contributed by atoms with van der Waals surface area (Å²) in [5, 5.41) is 2.06. The number of fused-ring (bicyclic) bond motifs is 1. The highest BCUT2D eigenvalue weighted by atomic mass is 32.1. The van der Waals surface area contributed by atoms with Crippen LogP contribution in [-0.4, -0.2) is 23.8 Å². The second kappa shape index (κ2) is 6.88. The van der Waals surface area contributed by atoms with Crippen molar-refractivity contribution in [2.45, 2.75) is 20.4 Å². The predicted molar refractivity (Wildman–Crippen MR) is 99.7 cm³/mol. The van der Waals surface area contributed by atoms with Gasteiger partial charge in [0.25, 0.3) is 0 Å². The first-order chi connectivity index (χ1) is 12.6. The number of hydrogen-bond donors (Lipinski definition) is 0. The summed E-state index contributed by atoms with van der Waals surface area (Å²) in [6.45, 7) is 4.99. The van der Waals surface area contributed by atoms with E-state index < -0.39 is 0 Å². The van der Waals surface area contributed by atoms with Crippen LogP contribution in [0.1, 0.15) is 26.6 Å². The van der Waals surface area contributed by atoms with Crippen LogP contribution in [0.5, 0.6) is 17.2 Å². The molecular formula is C20H19NO4S. The van der Waals surface area contributed by atoms with E-state index in [1.54, 1.807) is 29.5 Å². The first kappa shape index (κ1) is 16.7. The van der Waals surface area contributed by atoms with Gasteiger partial charge in [-0.3, -0.25) is 4.79 Å². The van der Waals surface area contributed by atoms with Gasteiger partial charge >= 0.3 is 0 Å². The third-order valence-corrected chi connectivity index (χ3v) is 5.34. The fourth-order valence-electron chi connectivity index (χ4n) is 3.08. The van der Waals surface area contributed by atoms with Gasteiger partial charge in [0.15, 0.2) is 18.1 Å². The van der Waals surface area contributed by atoms with Crippen LogP contribution in [-0.2, 0) is 6.54 Å². The number of nitrogens with zero attached hydrogens (tertiary/aromatic N) is 1. The zero-order valence-corrected chi connectivity index (χ0v) is 15.5. The van der Waals surface area contributed by atoms with Gasteiger partial charge in [-0.1, -0.05) is 6.07 Å². The van der Waals surface area contributed by atoms with E-state index in [2.05, 4.69) is 16.0 Å². The number of carbonyl (C=O) groups is 1. The third kappa shape index (κ3) is 3.20. The summed E-state index contributed by atoms with van der Waals surface area (Å²) < 4.78 is 18.4. The summed E-state index contributed by atoms with van der Waals surface area (Å²) in [5.41, 5.74) is 2.75. The monoisotopic (exact) mass is 369 g/mol. The Morgan fingerprint density at radius 3 is 2.85 bits per heavy atom. The van der Waals surface area contributed by atoms with Gasteiger partial charge in [-0.05, 0) is 43.5 Å². The Morgan fingerprint density at radius 2 is 2.04 bits per heavy atom. The molecule has 5 nitrogen and oxygen atoms in total. The van der Waals surface area contributed by atoms with Crippen molar-refractivity contribution in [2.24, 2.45) is 0 Å². The number of ether oxygens (including phenoxy) is 3. The number of Topliss-reactive ketones (excluding diaryl/α,β-unsaturated/α-hetero) is 1. The molecule has 0 amide bonds. The van der Waals surface area contributed by atoms with E-state index in [1.165, 1.54) is 4.88 Å². The van der Waals surface area contributed by atoms with Crippen LogP contribution in [0.2, 0.25) is 0 Å². The average Bonchev–Trinajstić information content (AvgIpc) is 3.36. The van der Waals surface area contributed by atoms with Crippen molar-refractivity contribution in [3.8, 4) is 17.2 Å². The summed E-state index contributed by atoms with van der Waals surface area (Å²) in [6, 6.07) is 11.4. The highest BCUT2D eigenvalue weighted by molar-refractivity contribution is 7.09. The number of rotatable bonds is 6. The number of aromatic nitrogens is 1. The lowest BCUT2D eigenvalue weighted by atomic mass is 10.1. The number of thiophene rings is 1. The molecule has 4 rings (SSSR count). The first-order valence-corrected chi connectivity index (χ1v) is 9.24. The molecule has 0 atom stereocenters. The van der Waals surface area contributed by atoms with Gasteiger partial charge < -0.3 is 18.8 Å². The molecule has 0 spiro atoms. The molecule has 134 valence electrons. The molecule has 0 unspecified atom stereocenters. The molecule has 1 aliphatic rings. The van der Waals surface area contributed by atoms with Gasteiger partial charge in [0.2, 0.25) is 12.6 Å². The molecule has 0 bridgehead atoms. The van der Waals surface area contributed by atoms with E-state index in [0.717, 1.165) is 17.9 Å². The lowest BCUT2D eigenvalue weighted by Crippen LogP contribution is -2.13. The lowest BCUT2D eigenvalue weighted by Gasteiger charge is -2.09. The van der Waals surface area contributed by atoms with Gasteiger partial charge in [0.1, 0.15) is 5.75 Å².